The van der Waals surface area contributed by atoms with E-state index in [1.807, 2.05) is 29.6 Å². The Kier molecular flexibility index (Phi) is 3.87. The Morgan fingerprint density at radius 1 is 1.38 bits per heavy atom. The quantitative estimate of drug-likeness (QED) is 0.698. The molecule has 1 aromatic heterocycles. The van der Waals surface area contributed by atoms with Gasteiger partial charge in [-0.15, -0.1) is 11.3 Å². The van der Waals surface area contributed by atoms with Crippen molar-refractivity contribution in [2.45, 2.75) is 13.3 Å². The Bertz CT molecular complexity index is 694. The molecule has 1 amide bonds. The SMILES string of the molecule is CCc1cc(C(=O)N/N=C\c2ccc3c(c2)OCO3)cs1. The zero-order valence-corrected chi connectivity index (χ0v) is 12.3. The van der Waals surface area contributed by atoms with Gasteiger partial charge in [0.2, 0.25) is 6.79 Å². The maximum absolute atomic E-state index is 11.9. The van der Waals surface area contributed by atoms with Crippen molar-refractivity contribution in [1.29, 1.82) is 0 Å². The van der Waals surface area contributed by atoms with Crippen molar-refractivity contribution in [2.75, 3.05) is 6.79 Å². The fraction of sp³-hybridized carbons (Fsp3) is 0.200. The molecule has 0 atom stereocenters. The van der Waals surface area contributed by atoms with Gasteiger partial charge in [-0.05, 0) is 36.2 Å². The number of carbonyl (C=O) groups excluding carboxylic acids is 1. The highest BCUT2D eigenvalue weighted by Gasteiger charge is 2.12. The van der Waals surface area contributed by atoms with E-state index in [4.69, 9.17) is 9.47 Å². The molecular formula is C15H14N2O3S. The first kappa shape index (κ1) is 13.6. The summed E-state index contributed by atoms with van der Waals surface area (Å²) in [6.07, 6.45) is 2.51. The number of thiophene rings is 1. The van der Waals surface area contributed by atoms with Gasteiger partial charge in [-0.3, -0.25) is 4.79 Å². The van der Waals surface area contributed by atoms with Crippen molar-refractivity contribution in [3.8, 4) is 11.5 Å². The van der Waals surface area contributed by atoms with E-state index in [1.54, 1.807) is 17.6 Å². The molecule has 2 heterocycles. The summed E-state index contributed by atoms with van der Waals surface area (Å²) < 4.78 is 10.5. The van der Waals surface area contributed by atoms with Gasteiger partial charge in [0.1, 0.15) is 0 Å². The van der Waals surface area contributed by atoms with Crippen LogP contribution in [-0.4, -0.2) is 18.9 Å². The standard InChI is InChI=1S/C15H14N2O3S/c1-2-12-6-11(8-21-12)15(18)17-16-7-10-3-4-13-14(5-10)20-9-19-13/h3-8H,2,9H2,1H3,(H,17,18)/b16-7-. The number of hydrogen-bond acceptors (Lipinski definition) is 5. The molecule has 1 aliphatic heterocycles. The fourth-order valence-electron chi connectivity index (χ4n) is 1.91. The molecule has 21 heavy (non-hydrogen) atoms. The van der Waals surface area contributed by atoms with Crippen LogP contribution in [0.4, 0.5) is 0 Å². The molecule has 3 rings (SSSR count). The van der Waals surface area contributed by atoms with Crippen LogP contribution in [0.2, 0.25) is 0 Å². The Morgan fingerprint density at radius 3 is 3.05 bits per heavy atom. The Hall–Kier alpha value is -2.34. The first-order valence-electron chi connectivity index (χ1n) is 6.56. The maximum Gasteiger partial charge on any atom is 0.272 e. The summed E-state index contributed by atoms with van der Waals surface area (Å²) in [5.41, 5.74) is 3.99. The van der Waals surface area contributed by atoms with E-state index in [-0.39, 0.29) is 12.7 Å². The third-order valence-electron chi connectivity index (χ3n) is 3.04. The van der Waals surface area contributed by atoms with Crippen molar-refractivity contribution in [3.63, 3.8) is 0 Å². The smallest absolute Gasteiger partial charge is 0.272 e. The average molecular weight is 302 g/mol. The van der Waals surface area contributed by atoms with Gasteiger partial charge < -0.3 is 9.47 Å². The summed E-state index contributed by atoms with van der Waals surface area (Å²) >= 11 is 1.58. The number of benzene rings is 1. The molecule has 1 N–H and O–H groups in total. The van der Waals surface area contributed by atoms with Gasteiger partial charge in [0.25, 0.3) is 5.91 Å². The molecule has 2 aromatic rings. The van der Waals surface area contributed by atoms with Crippen molar-refractivity contribution >= 4 is 23.5 Å². The van der Waals surface area contributed by atoms with E-state index >= 15 is 0 Å². The van der Waals surface area contributed by atoms with Gasteiger partial charge in [0, 0.05) is 10.3 Å². The molecule has 0 bridgehead atoms. The lowest BCUT2D eigenvalue weighted by atomic mass is 10.2. The summed E-state index contributed by atoms with van der Waals surface area (Å²) in [5.74, 6) is 1.21. The van der Waals surface area contributed by atoms with Crippen LogP contribution in [-0.2, 0) is 6.42 Å². The zero-order valence-electron chi connectivity index (χ0n) is 11.5. The Labute approximate surface area is 126 Å². The molecule has 0 fully saturated rings. The highest BCUT2D eigenvalue weighted by molar-refractivity contribution is 7.10. The molecule has 0 unspecified atom stereocenters. The van der Waals surface area contributed by atoms with Gasteiger partial charge in [0.05, 0.1) is 11.8 Å². The van der Waals surface area contributed by atoms with E-state index in [2.05, 4.69) is 17.5 Å². The summed E-state index contributed by atoms with van der Waals surface area (Å²) in [5, 5.41) is 5.80. The minimum Gasteiger partial charge on any atom is -0.454 e. The highest BCUT2D eigenvalue weighted by atomic mass is 32.1. The number of carbonyl (C=O) groups is 1. The van der Waals surface area contributed by atoms with Gasteiger partial charge in [-0.2, -0.15) is 5.10 Å². The van der Waals surface area contributed by atoms with Crippen LogP contribution in [0.3, 0.4) is 0 Å². The lowest BCUT2D eigenvalue weighted by Gasteiger charge is -1.98. The Balaban J connectivity index is 1.62. The number of ether oxygens (including phenoxy) is 2. The van der Waals surface area contributed by atoms with Crippen LogP contribution in [0.15, 0.2) is 34.7 Å². The number of nitrogens with zero attached hydrogens (tertiary/aromatic N) is 1. The van der Waals surface area contributed by atoms with E-state index < -0.39 is 0 Å². The molecule has 0 radical (unpaired) electrons. The number of amides is 1. The van der Waals surface area contributed by atoms with E-state index in [0.717, 1.165) is 17.7 Å². The Morgan fingerprint density at radius 2 is 2.24 bits per heavy atom. The topological polar surface area (TPSA) is 59.9 Å². The zero-order chi connectivity index (χ0) is 14.7. The van der Waals surface area contributed by atoms with E-state index in [9.17, 15) is 4.79 Å². The molecule has 0 saturated carbocycles. The summed E-state index contributed by atoms with van der Waals surface area (Å²) in [6.45, 7) is 2.30. The first-order chi connectivity index (χ1) is 10.3. The second-order valence-corrected chi connectivity index (χ2v) is 5.46. The van der Waals surface area contributed by atoms with Gasteiger partial charge in [-0.1, -0.05) is 6.92 Å². The predicted octanol–water partition coefficient (Wildman–Crippen LogP) is 2.80. The van der Waals surface area contributed by atoms with Crippen LogP contribution >= 0.6 is 11.3 Å². The molecule has 1 aromatic carbocycles. The minimum atomic E-state index is -0.206. The molecule has 6 heteroatoms. The second-order valence-electron chi connectivity index (χ2n) is 4.47. The van der Waals surface area contributed by atoms with Crippen molar-refractivity contribution in [2.24, 2.45) is 5.10 Å². The van der Waals surface area contributed by atoms with Crippen molar-refractivity contribution < 1.29 is 14.3 Å². The second kappa shape index (κ2) is 5.97. The molecule has 1 aliphatic rings. The van der Waals surface area contributed by atoms with Crippen LogP contribution < -0.4 is 14.9 Å². The van der Waals surface area contributed by atoms with E-state index in [1.165, 1.54) is 4.88 Å². The van der Waals surface area contributed by atoms with Crippen molar-refractivity contribution in [1.82, 2.24) is 5.43 Å². The third kappa shape index (κ3) is 3.05. The van der Waals surface area contributed by atoms with Crippen LogP contribution in [0.25, 0.3) is 0 Å². The van der Waals surface area contributed by atoms with Crippen LogP contribution in [0.1, 0.15) is 27.7 Å². The van der Waals surface area contributed by atoms with Crippen LogP contribution in [0.5, 0.6) is 11.5 Å². The number of fused-ring (bicyclic) bond motifs is 1. The summed E-state index contributed by atoms with van der Waals surface area (Å²) in [6, 6.07) is 7.37. The molecular weight excluding hydrogens is 288 g/mol. The van der Waals surface area contributed by atoms with Gasteiger partial charge >= 0.3 is 0 Å². The molecule has 5 nitrogen and oxygen atoms in total. The van der Waals surface area contributed by atoms with E-state index in [0.29, 0.717) is 11.3 Å². The lowest BCUT2D eigenvalue weighted by Crippen LogP contribution is -2.16. The van der Waals surface area contributed by atoms with Crippen LogP contribution in [0, 0.1) is 0 Å². The predicted molar refractivity (Wildman–Crippen MR) is 81.3 cm³/mol. The highest BCUT2D eigenvalue weighted by Crippen LogP contribution is 2.31. The molecule has 0 aliphatic carbocycles. The largest absolute Gasteiger partial charge is 0.454 e. The average Bonchev–Trinajstić information content (AvgIpc) is 3.15. The minimum absolute atomic E-state index is 0.206. The number of nitrogens with one attached hydrogen (secondary N) is 1. The number of hydrogen-bond donors (Lipinski definition) is 1. The lowest BCUT2D eigenvalue weighted by molar-refractivity contribution is 0.0955. The monoisotopic (exact) mass is 302 g/mol. The van der Waals surface area contributed by atoms with Gasteiger partial charge in [-0.25, -0.2) is 5.43 Å². The molecule has 108 valence electrons. The van der Waals surface area contributed by atoms with Crippen molar-refractivity contribution in [3.05, 3.63) is 45.6 Å². The molecule has 0 saturated heterocycles. The number of aryl methyl sites for hydroxylation is 1. The summed E-state index contributed by atoms with van der Waals surface area (Å²) in [7, 11) is 0. The third-order valence-corrected chi connectivity index (χ3v) is 4.12. The molecule has 0 spiro atoms. The number of hydrazone groups is 1. The normalized spacial score (nSPS) is 12.8. The van der Waals surface area contributed by atoms with Gasteiger partial charge in [0.15, 0.2) is 11.5 Å². The maximum atomic E-state index is 11.9. The fourth-order valence-corrected chi connectivity index (χ4v) is 2.72. The summed E-state index contributed by atoms with van der Waals surface area (Å²) in [4.78, 5) is 13.1. The first-order valence-corrected chi connectivity index (χ1v) is 7.44. The number of rotatable bonds is 4.